The van der Waals surface area contributed by atoms with Crippen molar-refractivity contribution in [3.8, 4) is 21.8 Å². The minimum absolute atomic E-state index is 0.315. The number of benzene rings is 2. The summed E-state index contributed by atoms with van der Waals surface area (Å²) in [5.74, 6) is 0.328. The number of nitrogens with zero attached hydrogens (tertiary/aromatic N) is 4. The molecule has 39 heavy (non-hydrogen) atoms. The van der Waals surface area contributed by atoms with Crippen LogP contribution in [-0.2, 0) is 14.2 Å². The number of imidazole rings is 1. The molecule has 8 nitrogen and oxygen atoms in total. The number of fused-ring (bicyclic) bond motifs is 1. The van der Waals surface area contributed by atoms with Crippen LogP contribution in [0, 0.1) is 5.92 Å². The van der Waals surface area contributed by atoms with E-state index < -0.39 is 0 Å². The zero-order chi connectivity index (χ0) is 27.0. The Bertz CT molecular complexity index is 1340. The largest absolute Gasteiger partial charge is 0.462 e. The lowest BCUT2D eigenvalue weighted by Crippen LogP contribution is -2.35. The van der Waals surface area contributed by atoms with Gasteiger partial charge in [-0.2, -0.15) is 5.10 Å². The molecule has 0 radical (unpaired) electrons. The molecule has 0 bridgehead atoms. The summed E-state index contributed by atoms with van der Waals surface area (Å²) in [6.07, 6.45) is 6.27. The number of ether oxygens (including phenoxy) is 3. The molecular formula is C30H36N4O4S. The molecule has 1 fully saturated rings. The molecule has 0 unspecified atom stereocenters. The second-order valence-corrected chi connectivity index (χ2v) is 10.8. The van der Waals surface area contributed by atoms with Crippen LogP contribution in [0.5, 0.6) is 0 Å². The molecule has 1 aliphatic rings. The van der Waals surface area contributed by atoms with E-state index in [2.05, 4.69) is 34.1 Å². The second kappa shape index (κ2) is 13.2. The van der Waals surface area contributed by atoms with Gasteiger partial charge in [-0.1, -0.05) is 23.5 Å². The van der Waals surface area contributed by atoms with Gasteiger partial charge in [-0.25, -0.2) is 14.3 Å². The van der Waals surface area contributed by atoms with E-state index in [1.807, 2.05) is 22.8 Å². The van der Waals surface area contributed by atoms with E-state index in [0.717, 1.165) is 85.4 Å². The Balaban J connectivity index is 1.18. The Kier molecular flexibility index (Phi) is 9.23. The number of hydrogen-bond acceptors (Lipinski definition) is 8. The van der Waals surface area contributed by atoms with Crippen LogP contribution in [0.1, 0.15) is 43.0 Å². The van der Waals surface area contributed by atoms with E-state index in [1.54, 1.807) is 37.5 Å². The summed E-state index contributed by atoms with van der Waals surface area (Å²) in [4.78, 5) is 19.8. The van der Waals surface area contributed by atoms with E-state index >= 15 is 0 Å². The van der Waals surface area contributed by atoms with Crippen molar-refractivity contribution in [3.63, 3.8) is 0 Å². The van der Waals surface area contributed by atoms with E-state index in [9.17, 15) is 4.79 Å². The summed E-state index contributed by atoms with van der Waals surface area (Å²) < 4.78 is 17.9. The number of hydrogen-bond donors (Lipinski definition) is 0. The molecule has 0 saturated carbocycles. The number of piperidine rings is 1. The fraction of sp³-hybridized carbons (Fsp3) is 0.433. The maximum Gasteiger partial charge on any atom is 0.338 e. The Hall–Kier alpha value is -3.27. The molecule has 0 aliphatic carbocycles. The highest BCUT2D eigenvalue weighted by Gasteiger charge is 2.20. The van der Waals surface area contributed by atoms with Crippen LogP contribution in [0.3, 0.4) is 0 Å². The molecule has 2 aromatic heterocycles. The molecule has 0 N–H and O–H groups in total. The van der Waals surface area contributed by atoms with E-state index in [-0.39, 0.29) is 5.97 Å². The number of unbranched alkanes of at least 4 members (excludes halogenated alkanes) is 1. The summed E-state index contributed by atoms with van der Waals surface area (Å²) >= 11 is 1.57. The fourth-order valence-corrected chi connectivity index (χ4v) is 5.75. The van der Waals surface area contributed by atoms with Crippen molar-refractivity contribution >= 4 is 28.0 Å². The van der Waals surface area contributed by atoms with Crippen LogP contribution in [0.4, 0.5) is 5.69 Å². The maximum atomic E-state index is 12.0. The predicted octanol–water partition coefficient (Wildman–Crippen LogP) is 5.96. The molecule has 2 aromatic carbocycles. The molecule has 1 aliphatic heterocycles. The first kappa shape index (κ1) is 27.3. The van der Waals surface area contributed by atoms with Crippen molar-refractivity contribution < 1.29 is 19.0 Å². The van der Waals surface area contributed by atoms with Crippen molar-refractivity contribution in [1.29, 1.82) is 0 Å². The van der Waals surface area contributed by atoms with Crippen LogP contribution in [0.25, 0.3) is 26.8 Å². The van der Waals surface area contributed by atoms with Crippen LogP contribution in [0.2, 0.25) is 0 Å². The summed E-state index contributed by atoms with van der Waals surface area (Å²) in [7, 11) is 1.74. The minimum Gasteiger partial charge on any atom is -0.462 e. The van der Waals surface area contributed by atoms with Crippen molar-refractivity contribution in [1.82, 2.24) is 14.6 Å². The lowest BCUT2D eigenvalue weighted by Gasteiger charge is -2.33. The summed E-state index contributed by atoms with van der Waals surface area (Å²) in [6, 6.07) is 16.1. The van der Waals surface area contributed by atoms with Gasteiger partial charge in [0, 0.05) is 56.8 Å². The Morgan fingerprint density at radius 1 is 1.00 bits per heavy atom. The fourth-order valence-electron chi connectivity index (χ4n) is 4.87. The monoisotopic (exact) mass is 548 g/mol. The van der Waals surface area contributed by atoms with E-state index in [0.29, 0.717) is 18.1 Å². The number of anilines is 1. The van der Waals surface area contributed by atoms with Gasteiger partial charge in [0.15, 0.2) is 0 Å². The highest BCUT2D eigenvalue weighted by Crippen LogP contribution is 2.31. The Morgan fingerprint density at radius 2 is 1.72 bits per heavy atom. The molecule has 0 amide bonds. The second-order valence-electron chi connectivity index (χ2n) is 9.79. The van der Waals surface area contributed by atoms with Crippen LogP contribution in [-0.4, -0.2) is 67.2 Å². The van der Waals surface area contributed by atoms with E-state index in [1.165, 1.54) is 5.69 Å². The van der Waals surface area contributed by atoms with Gasteiger partial charge in [-0.15, -0.1) is 0 Å². The zero-order valence-corrected chi connectivity index (χ0v) is 23.5. The van der Waals surface area contributed by atoms with Crippen molar-refractivity contribution in [3.05, 3.63) is 60.3 Å². The summed E-state index contributed by atoms with van der Waals surface area (Å²) in [6.45, 7) is 6.78. The highest BCUT2D eigenvalue weighted by molar-refractivity contribution is 7.19. The molecule has 4 aromatic rings. The first-order chi connectivity index (χ1) is 19.2. The SMILES string of the molecule is CCOC(=O)c1ccc(-c2cnc3sc(-c4ccc(N5CCC(COCCCCOC)CC5)cc4)nn23)cc1. The molecule has 0 spiro atoms. The third-order valence-corrected chi connectivity index (χ3v) is 8.08. The molecule has 5 rings (SSSR count). The first-order valence-corrected chi connectivity index (χ1v) is 14.5. The lowest BCUT2D eigenvalue weighted by molar-refractivity contribution is 0.0526. The average Bonchev–Trinajstić information content (AvgIpc) is 3.57. The number of carbonyl (C=O) groups is 1. The van der Waals surface area contributed by atoms with Gasteiger partial charge >= 0.3 is 5.97 Å². The van der Waals surface area contributed by atoms with Crippen molar-refractivity contribution in [2.75, 3.05) is 51.5 Å². The van der Waals surface area contributed by atoms with Gasteiger partial charge in [-0.05, 0) is 74.9 Å². The molecule has 0 atom stereocenters. The Morgan fingerprint density at radius 3 is 2.44 bits per heavy atom. The van der Waals surface area contributed by atoms with Crippen molar-refractivity contribution in [2.45, 2.75) is 32.6 Å². The number of methoxy groups -OCH3 is 1. The normalized spacial score (nSPS) is 14.3. The summed E-state index contributed by atoms with van der Waals surface area (Å²) in [5, 5.41) is 5.78. The molecular weight excluding hydrogens is 512 g/mol. The number of rotatable bonds is 12. The number of carbonyl (C=O) groups excluding carboxylic acids is 1. The van der Waals surface area contributed by atoms with Gasteiger partial charge in [0.05, 0.1) is 24.1 Å². The molecule has 206 valence electrons. The lowest BCUT2D eigenvalue weighted by atomic mass is 9.97. The summed E-state index contributed by atoms with van der Waals surface area (Å²) in [5.41, 5.74) is 4.70. The van der Waals surface area contributed by atoms with Gasteiger partial charge in [0.1, 0.15) is 5.01 Å². The van der Waals surface area contributed by atoms with Gasteiger partial charge in [-0.3, -0.25) is 0 Å². The molecule has 9 heteroatoms. The standard InChI is InChI=1S/C30H36N4O4S/c1-3-38-29(35)25-8-6-23(7-9-25)27-20-31-30-34(27)32-28(39-30)24-10-12-26(13-11-24)33-16-14-22(15-17-33)21-37-19-5-4-18-36-2/h6-13,20,22H,3-5,14-19,21H2,1-2H3. The van der Waals surface area contributed by atoms with E-state index in [4.69, 9.17) is 19.3 Å². The third-order valence-electron chi connectivity index (χ3n) is 7.11. The van der Waals surface area contributed by atoms with Crippen molar-refractivity contribution in [2.24, 2.45) is 5.92 Å². The predicted molar refractivity (Wildman–Crippen MR) is 155 cm³/mol. The van der Waals surface area contributed by atoms with Crippen LogP contribution >= 0.6 is 11.3 Å². The first-order valence-electron chi connectivity index (χ1n) is 13.7. The quantitative estimate of drug-likeness (QED) is 0.160. The highest BCUT2D eigenvalue weighted by atomic mass is 32.1. The average molecular weight is 549 g/mol. The zero-order valence-electron chi connectivity index (χ0n) is 22.7. The third kappa shape index (κ3) is 6.66. The smallest absolute Gasteiger partial charge is 0.338 e. The minimum atomic E-state index is -0.315. The van der Waals surface area contributed by atoms with Gasteiger partial charge in [0.25, 0.3) is 0 Å². The molecule has 3 heterocycles. The van der Waals surface area contributed by atoms with Crippen LogP contribution in [0.15, 0.2) is 54.7 Å². The maximum absolute atomic E-state index is 12.0. The van der Waals surface area contributed by atoms with Gasteiger partial charge < -0.3 is 19.1 Å². The van der Waals surface area contributed by atoms with Crippen LogP contribution < -0.4 is 4.90 Å². The Labute approximate surface area is 233 Å². The topological polar surface area (TPSA) is 78.2 Å². The van der Waals surface area contributed by atoms with Gasteiger partial charge in [0.2, 0.25) is 4.96 Å². The number of esters is 1. The number of aromatic nitrogens is 3. The molecule has 1 saturated heterocycles.